The number of anilines is 2. The monoisotopic (exact) mass is 332 g/mol. The maximum Gasteiger partial charge on any atom is 0.285 e. The van der Waals surface area contributed by atoms with E-state index < -0.39 is 5.56 Å². The van der Waals surface area contributed by atoms with Crippen molar-refractivity contribution in [2.45, 2.75) is 0 Å². The van der Waals surface area contributed by atoms with Crippen LogP contribution in [0.15, 0.2) is 41.3 Å². The lowest BCUT2D eigenvalue weighted by Crippen LogP contribution is -2.18. The number of halogens is 1. The Labute approximate surface area is 135 Å². The predicted molar refractivity (Wildman–Crippen MR) is 86.0 cm³/mol. The van der Waals surface area contributed by atoms with Gasteiger partial charge in [-0.3, -0.25) is 4.79 Å². The minimum absolute atomic E-state index is 0.0779. The molecule has 0 atom stereocenters. The summed E-state index contributed by atoms with van der Waals surface area (Å²) in [5.41, 5.74) is 0.896. The zero-order valence-corrected chi connectivity index (χ0v) is 12.7. The molecule has 9 nitrogen and oxygen atoms in total. The number of aromatic amines is 1. The Morgan fingerprint density at radius 1 is 1.17 bits per heavy atom. The van der Waals surface area contributed by atoms with Crippen LogP contribution in [0.2, 0.25) is 5.02 Å². The molecule has 0 spiro atoms. The van der Waals surface area contributed by atoms with Gasteiger partial charge in [-0.15, -0.1) is 0 Å². The highest BCUT2D eigenvalue weighted by Gasteiger charge is 2.07. The molecule has 0 fully saturated rings. The third-order valence-electron chi connectivity index (χ3n) is 2.99. The predicted octanol–water partition coefficient (Wildman–Crippen LogP) is 0.923. The second kappa shape index (κ2) is 6.88. The van der Waals surface area contributed by atoms with Crippen LogP contribution in [-0.4, -0.2) is 43.5 Å². The van der Waals surface area contributed by atoms with Crippen molar-refractivity contribution in [1.82, 2.24) is 30.4 Å². The zero-order valence-electron chi connectivity index (χ0n) is 11.9. The van der Waals surface area contributed by atoms with Gasteiger partial charge in [-0.05, 0) is 22.6 Å². The summed E-state index contributed by atoms with van der Waals surface area (Å²) in [6.07, 6.45) is 1.46. The maximum atomic E-state index is 11.3. The van der Waals surface area contributed by atoms with Crippen LogP contribution in [0.1, 0.15) is 0 Å². The van der Waals surface area contributed by atoms with Crippen LogP contribution < -0.4 is 16.2 Å². The normalized spacial score (nSPS) is 10.5. The number of nitrogens with zero attached hydrogens (tertiary/aromatic N) is 5. The molecule has 1 aromatic carbocycles. The van der Waals surface area contributed by atoms with Gasteiger partial charge in [0.25, 0.3) is 5.56 Å². The van der Waals surface area contributed by atoms with E-state index in [1.807, 2.05) is 30.3 Å². The van der Waals surface area contributed by atoms with Crippen molar-refractivity contribution in [3.8, 4) is 5.69 Å². The average molecular weight is 333 g/mol. The second-order valence-corrected chi connectivity index (χ2v) is 4.91. The Bertz CT molecular complexity index is 831. The molecule has 0 aliphatic carbocycles. The van der Waals surface area contributed by atoms with Crippen molar-refractivity contribution in [2.24, 2.45) is 0 Å². The summed E-state index contributed by atoms with van der Waals surface area (Å²) in [4.78, 5) is 11.3. The highest BCUT2D eigenvalue weighted by atomic mass is 35.5. The SMILES string of the molecule is O=c1[nH]ncc(NCCNc2nnnn2-c2ccccc2)c1Cl. The second-order valence-electron chi connectivity index (χ2n) is 4.53. The molecule has 3 N–H and O–H groups in total. The Morgan fingerprint density at radius 3 is 2.78 bits per heavy atom. The smallest absolute Gasteiger partial charge is 0.285 e. The molecular weight excluding hydrogens is 320 g/mol. The lowest BCUT2D eigenvalue weighted by molar-refractivity contribution is 0.789. The third kappa shape index (κ3) is 3.46. The molecule has 2 aromatic heterocycles. The van der Waals surface area contributed by atoms with E-state index in [2.05, 4.69) is 36.4 Å². The maximum absolute atomic E-state index is 11.3. The van der Waals surface area contributed by atoms with Gasteiger partial charge >= 0.3 is 0 Å². The van der Waals surface area contributed by atoms with Crippen molar-refractivity contribution in [3.63, 3.8) is 0 Å². The fraction of sp³-hybridized carbons (Fsp3) is 0.154. The van der Waals surface area contributed by atoms with Crippen LogP contribution in [0.25, 0.3) is 5.69 Å². The van der Waals surface area contributed by atoms with Crippen molar-refractivity contribution >= 4 is 23.2 Å². The van der Waals surface area contributed by atoms with Crippen LogP contribution in [0.4, 0.5) is 11.6 Å². The summed E-state index contributed by atoms with van der Waals surface area (Å²) in [6.45, 7) is 1.03. The van der Waals surface area contributed by atoms with Crippen LogP contribution in [-0.2, 0) is 0 Å². The van der Waals surface area contributed by atoms with Crippen LogP contribution in [0.3, 0.4) is 0 Å². The first-order valence-corrected chi connectivity index (χ1v) is 7.18. The van der Waals surface area contributed by atoms with E-state index >= 15 is 0 Å². The van der Waals surface area contributed by atoms with E-state index in [-0.39, 0.29) is 5.02 Å². The van der Waals surface area contributed by atoms with Gasteiger partial charge in [0.05, 0.1) is 17.6 Å². The quantitative estimate of drug-likeness (QED) is 0.575. The average Bonchev–Trinajstić information content (AvgIpc) is 3.04. The van der Waals surface area contributed by atoms with Gasteiger partial charge in [-0.25, -0.2) is 5.10 Å². The molecule has 0 aliphatic heterocycles. The number of tetrazole rings is 1. The molecule has 0 aliphatic rings. The fourth-order valence-electron chi connectivity index (χ4n) is 1.92. The summed E-state index contributed by atoms with van der Waals surface area (Å²) >= 11 is 5.87. The van der Waals surface area contributed by atoms with E-state index in [9.17, 15) is 4.79 Å². The summed E-state index contributed by atoms with van der Waals surface area (Å²) in [6, 6.07) is 9.54. The highest BCUT2D eigenvalue weighted by molar-refractivity contribution is 6.32. The summed E-state index contributed by atoms with van der Waals surface area (Å²) in [5.74, 6) is 0.521. The fourth-order valence-corrected chi connectivity index (χ4v) is 2.08. The number of H-pyrrole nitrogens is 1. The lowest BCUT2D eigenvalue weighted by Gasteiger charge is -2.09. The lowest BCUT2D eigenvalue weighted by atomic mass is 10.3. The molecule has 3 rings (SSSR count). The Morgan fingerprint density at radius 2 is 1.96 bits per heavy atom. The van der Waals surface area contributed by atoms with Gasteiger partial charge < -0.3 is 10.6 Å². The van der Waals surface area contributed by atoms with Crippen molar-refractivity contribution in [2.75, 3.05) is 23.7 Å². The van der Waals surface area contributed by atoms with E-state index in [1.54, 1.807) is 4.68 Å². The van der Waals surface area contributed by atoms with Crippen LogP contribution in [0, 0.1) is 0 Å². The molecule has 118 valence electrons. The third-order valence-corrected chi connectivity index (χ3v) is 3.36. The Balaban J connectivity index is 1.59. The number of aromatic nitrogens is 6. The minimum atomic E-state index is -0.433. The molecule has 10 heteroatoms. The number of benzene rings is 1. The number of hydrogen-bond donors (Lipinski definition) is 3. The van der Waals surface area contributed by atoms with Gasteiger partial charge in [-0.1, -0.05) is 34.9 Å². The summed E-state index contributed by atoms with van der Waals surface area (Å²) in [7, 11) is 0. The molecule has 0 amide bonds. The van der Waals surface area contributed by atoms with Gasteiger partial charge in [-0.2, -0.15) is 9.78 Å². The first-order valence-electron chi connectivity index (χ1n) is 6.80. The zero-order chi connectivity index (χ0) is 16.1. The van der Waals surface area contributed by atoms with E-state index in [4.69, 9.17) is 11.6 Å². The van der Waals surface area contributed by atoms with E-state index in [1.165, 1.54) is 6.20 Å². The number of rotatable bonds is 6. The molecule has 0 radical (unpaired) electrons. The van der Waals surface area contributed by atoms with Crippen molar-refractivity contribution < 1.29 is 0 Å². The molecular formula is C13H13ClN8O. The number of hydrogen-bond acceptors (Lipinski definition) is 7. The Hall–Kier alpha value is -2.94. The van der Waals surface area contributed by atoms with Gasteiger partial charge in [0.2, 0.25) is 5.95 Å². The Kier molecular flexibility index (Phi) is 4.48. The standard InChI is InChI=1S/C13H13ClN8O/c14-11-10(8-17-18-12(11)23)15-6-7-16-13-19-20-21-22(13)9-4-2-1-3-5-9/h1-5,8H,6-7H2,(H2,15,18,23)(H,16,19,21). The first-order chi connectivity index (χ1) is 11.3. The van der Waals surface area contributed by atoms with E-state index in [0.717, 1.165) is 5.69 Å². The van der Waals surface area contributed by atoms with Crippen molar-refractivity contribution in [3.05, 3.63) is 51.9 Å². The molecule has 0 bridgehead atoms. The minimum Gasteiger partial charge on any atom is -0.381 e. The molecule has 0 saturated carbocycles. The summed E-state index contributed by atoms with van der Waals surface area (Å²) in [5, 5.41) is 23.7. The summed E-state index contributed by atoms with van der Waals surface area (Å²) < 4.78 is 1.60. The largest absolute Gasteiger partial charge is 0.381 e. The van der Waals surface area contributed by atoms with Crippen LogP contribution in [0.5, 0.6) is 0 Å². The number of nitrogens with one attached hydrogen (secondary N) is 3. The van der Waals surface area contributed by atoms with Crippen LogP contribution >= 0.6 is 11.6 Å². The molecule has 0 unspecified atom stereocenters. The highest BCUT2D eigenvalue weighted by Crippen LogP contribution is 2.14. The van der Waals surface area contributed by atoms with Crippen molar-refractivity contribution in [1.29, 1.82) is 0 Å². The van der Waals surface area contributed by atoms with E-state index in [0.29, 0.717) is 24.7 Å². The topological polar surface area (TPSA) is 113 Å². The molecule has 3 aromatic rings. The van der Waals surface area contributed by atoms with Gasteiger partial charge in [0, 0.05) is 13.1 Å². The first kappa shape index (κ1) is 15.0. The molecule has 23 heavy (non-hydrogen) atoms. The van der Waals surface area contributed by atoms with Gasteiger partial charge in [0.1, 0.15) is 5.02 Å². The molecule has 0 saturated heterocycles. The molecule has 2 heterocycles. The number of para-hydroxylation sites is 1. The van der Waals surface area contributed by atoms with Gasteiger partial charge in [0.15, 0.2) is 0 Å².